The van der Waals surface area contributed by atoms with Gasteiger partial charge in [0.25, 0.3) is 0 Å². The van der Waals surface area contributed by atoms with Crippen molar-refractivity contribution in [3.05, 3.63) is 83.4 Å². The summed E-state index contributed by atoms with van der Waals surface area (Å²) >= 11 is 6.10. The Morgan fingerprint density at radius 3 is 2.22 bits per heavy atom. The second-order valence-electron chi connectivity index (χ2n) is 5.04. The number of hydrogen-bond donors (Lipinski definition) is 1. The van der Waals surface area contributed by atoms with E-state index in [1.165, 1.54) is 0 Å². The van der Waals surface area contributed by atoms with Crippen molar-refractivity contribution in [3.63, 3.8) is 0 Å². The third kappa shape index (κ3) is 4.18. The minimum Gasteiger partial charge on any atom is -0.489 e. The molecule has 3 nitrogen and oxygen atoms in total. The standard InChI is InChI=1S/C19H16ClNO2/c20-18-12-15(21)6-11-19(18)23-17-9-7-16(8-10-17)22-13-14-4-2-1-3-5-14/h1-12H,13,21H2. The number of hydrogen-bond acceptors (Lipinski definition) is 3. The summed E-state index contributed by atoms with van der Waals surface area (Å²) in [6.45, 7) is 0.533. The number of halogens is 1. The molecule has 0 aliphatic carbocycles. The van der Waals surface area contributed by atoms with Crippen LogP contribution in [0.2, 0.25) is 5.02 Å². The molecule has 2 N–H and O–H groups in total. The Morgan fingerprint density at radius 1 is 0.826 bits per heavy atom. The molecule has 0 aliphatic rings. The molecule has 0 saturated carbocycles. The van der Waals surface area contributed by atoms with Crippen LogP contribution in [0.3, 0.4) is 0 Å². The fraction of sp³-hybridized carbons (Fsp3) is 0.0526. The summed E-state index contributed by atoms with van der Waals surface area (Å²) in [5.74, 6) is 2.03. The first-order chi connectivity index (χ1) is 11.2. The fourth-order valence-electron chi connectivity index (χ4n) is 2.07. The van der Waals surface area contributed by atoms with Crippen LogP contribution >= 0.6 is 11.6 Å². The highest BCUT2D eigenvalue weighted by Crippen LogP contribution is 2.31. The van der Waals surface area contributed by atoms with Gasteiger partial charge in [-0.05, 0) is 48.0 Å². The van der Waals surface area contributed by atoms with Crippen molar-refractivity contribution >= 4 is 17.3 Å². The maximum atomic E-state index is 6.10. The maximum Gasteiger partial charge on any atom is 0.146 e. The molecule has 4 heteroatoms. The van der Waals surface area contributed by atoms with Gasteiger partial charge in [0.2, 0.25) is 0 Å². The lowest BCUT2D eigenvalue weighted by Crippen LogP contribution is -1.95. The third-order valence-corrected chi connectivity index (χ3v) is 3.55. The van der Waals surface area contributed by atoms with Gasteiger partial charge in [-0.2, -0.15) is 0 Å². The second kappa shape index (κ2) is 7.07. The SMILES string of the molecule is Nc1ccc(Oc2ccc(OCc3ccccc3)cc2)c(Cl)c1. The van der Waals surface area contributed by atoms with Crippen LogP contribution in [0.4, 0.5) is 5.69 Å². The predicted octanol–water partition coefficient (Wildman–Crippen LogP) is 5.29. The Bertz CT molecular complexity index is 773. The minimum absolute atomic E-state index is 0.481. The molecule has 0 aromatic heterocycles. The lowest BCUT2D eigenvalue weighted by Gasteiger charge is -2.10. The molecule has 0 amide bonds. The summed E-state index contributed by atoms with van der Waals surface area (Å²) in [5, 5.41) is 0.481. The van der Waals surface area contributed by atoms with Crippen LogP contribution in [-0.4, -0.2) is 0 Å². The molecule has 116 valence electrons. The predicted molar refractivity (Wildman–Crippen MR) is 93.2 cm³/mol. The van der Waals surface area contributed by atoms with Gasteiger partial charge in [0.15, 0.2) is 0 Å². The van der Waals surface area contributed by atoms with Crippen LogP contribution in [0.15, 0.2) is 72.8 Å². The van der Waals surface area contributed by atoms with Gasteiger partial charge in [-0.1, -0.05) is 41.9 Å². The van der Waals surface area contributed by atoms with Crippen molar-refractivity contribution in [1.29, 1.82) is 0 Å². The van der Waals surface area contributed by atoms with Gasteiger partial charge in [-0.25, -0.2) is 0 Å². The number of nitrogen functional groups attached to an aromatic ring is 1. The Labute approximate surface area is 140 Å². The van der Waals surface area contributed by atoms with Crippen molar-refractivity contribution in [3.8, 4) is 17.2 Å². The van der Waals surface area contributed by atoms with E-state index < -0.39 is 0 Å². The van der Waals surface area contributed by atoms with Gasteiger partial charge in [-0.15, -0.1) is 0 Å². The van der Waals surface area contributed by atoms with Crippen LogP contribution in [0, 0.1) is 0 Å². The molecule has 23 heavy (non-hydrogen) atoms. The highest BCUT2D eigenvalue weighted by molar-refractivity contribution is 6.32. The first-order valence-corrected chi connectivity index (χ1v) is 7.58. The highest BCUT2D eigenvalue weighted by Gasteiger charge is 2.04. The zero-order chi connectivity index (χ0) is 16.1. The van der Waals surface area contributed by atoms with Gasteiger partial charge >= 0.3 is 0 Å². The van der Waals surface area contributed by atoms with Crippen molar-refractivity contribution < 1.29 is 9.47 Å². The molecule has 0 heterocycles. The summed E-state index contributed by atoms with van der Waals surface area (Å²) in [7, 11) is 0. The quantitative estimate of drug-likeness (QED) is 0.648. The van der Waals surface area contributed by atoms with E-state index in [4.69, 9.17) is 26.8 Å². The molecule has 0 saturated heterocycles. The van der Waals surface area contributed by atoms with E-state index in [0.29, 0.717) is 28.8 Å². The Morgan fingerprint density at radius 2 is 1.52 bits per heavy atom. The topological polar surface area (TPSA) is 44.5 Å². The highest BCUT2D eigenvalue weighted by atomic mass is 35.5. The third-order valence-electron chi connectivity index (χ3n) is 3.26. The second-order valence-corrected chi connectivity index (χ2v) is 5.44. The average molecular weight is 326 g/mol. The molecule has 0 aliphatic heterocycles. The molecular formula is C19H16ClNO2. The van der Waals surface area contributed by atoms with E-state index in [-0.39, 0.29) is 0 Å². The van der Waals surface area contributed by atoms with E-state index in [9.17, 15) is 0 Å². The summed E-state index contributed by atoms with van der Waals surface area (Å²) in [6.07, 6.45) is 0. The number of benzene rings is 3. The van der Waals surface area contributed by atoms with Crippen LogP contribution in [-0.2, 0) is 6.61 Å². The number of nitrogens with two attached hydrogens (primary N) is 1. The van der Waals surface area contributed by atoms with Crippen LogP contribution < -0.4 is 15.2 Å². The summed E-state index contributed by atoms with van der Waals surface area (Å²) in [4.78, 5) is 0. The number of rotatable bonds is 5. The molecule has 0 unspecified atom stereocenters. The molecule has 0 radical (unpaired) electrons. The normalized spacial score (nSPS) is 10.3. The lowest BCUT2D eigenvalue weighted by molar-refractivity contribution is 0.306. The number of anilines is 1. The smallest absolute Gasteiger partial charge is 0.146 e. The molecule has 3 rings (SSSR count). The van der Waals surface area contributed by atoms with Crippen molar-refractivity contribution in [2.24, 2.45) is 0 Å². The van der Waals surface area contributed by atoms with Crippen LogP contribution in [0.1, 0.15) is 5.56 Å². The summed E-state index contributed by atoms with van der Waals surface area (Å²) in [5.41, 5.74) is 7.40. The molecular weight excluding hydrogens is 310 g/mol. The molecule has 3 aromatic rings. The van der Waals surface area contributed by atoms with Crippen LogP contribution in [0.25, 0.3) is 0 Å². The molecule has 0 fully saturated rings. The minimum atomic E-state index is 0.481. The van der Waals surface area contributed by atoms with E-state index in [2.05, 4.69) is 0 Å². The molecule has 0 atom stereocenters. The van der Waals surface area contributed by atoms with Gasteiger partial charge in [0.1, 0.15) is 23.9 Å². The zero-order valence-electron chi connectivity index (χ0n) is 12.4. The summed E-state index contributed by atoms with van der Waals surface area (Å²) < 4.78 is 11.5. The molecule has 0 spiro atoms. The van der Waals surface area contributed by atoms with Crippen LogP contribution in [0.5, 0.6) is 17.2 Å². The monoisotopic (exact) mass is 325 g/mol. The van der Waals surface area contributed by atoms with Gasteiger partial charge in [0, 0.05) is 5.69 Å². The van der Waals surface area contributed by atoms with E-state index in [0.717, 1.165) is 11.3 Å². The van der Waals surface area contributed by atoms with E-state index >= 15 is 0 Å². The first-order valence-electron chi connectivity index (χ1n) is 7.20. The van der Waals surface area contributed by atoms with Gasteiger partial charge in [-0.3, -0.25) is 0 Å². The van der Waals surface area contributed by atoms with Crippen molar-refractivity contribution in [1.82, 2.24) is 0 Å². The zero-order valence-corrected chi connectivity index (χ0v) is 13.2. The Balaban J connectivity index is 1.63. The molecule has 0 bridgehead atoms. The summed E-state index contributed by atoms with van der Waals surface area (Å²) in [6, 6.07) is 22.6. The lowest BCUT2D eigenvalue weighted by atomic mass is 10.2. The van der Waals surface area contributed by atoms with Gasteiger partial charge < -0.3 is 15.2 Å². The molecule has 3 aromatic carbocycles. The van der Waals surface area contributed by atoms with E-state index in [1.54, 1.807) is 18.2 Å². The van der Waals surface area contributed by atoms with Crippen molar-refractivity contribution in [2.45, 2.75) is 6.61 Å². The number of ether oxygens (including phenoxy) is 2. The maximum absolute atomic E-state index is 6.10. The fourth-order valence-corrected chi connectivity index (χ4v) is 2.30. The van der Waals surface area contributed by atoms with Crippen molar-refractivity contribution in [2.75, 3.05) is 5.73 Å². The Kier molecular flexibility index (Phi) is 4.69. The first kappa shape index (κ1) is 15.3. The van der Waals surface area contributed by atoms with E-state index in [1.807, 2.05) is 54.6 Å². The largest absolute Gasteiger partial charge is 0.489 e. The van der Waals surface area contributed by atoms with Gasteiger partial charge in [0.05, 0.1) is 5.02 Å². The average Bonchev–Trinajstić information content (AvgIpc) is 2.58. The Hall–Kier alpha value is -2.65.